The number of aliphatic imine (C=N–C) groups is 1. The second-order valence-electron chi connectivity index (χ2n) is 4.33. The zero-order valence-electron chi connectivity index (χ0n) is 9.84. The second-order valence-corrected chi connectivity index (χ2v) is 4.33. The Kier molecular flexibility index (Phi) is 4.92. The van der Waals surface area contributed by atoms with Crippen molar-refractivity contribution in [3.05, 3.63) is 11.6 Å². The lowest BCUT2D eigenvalue weighted by Gasteiger charge is -2.14. The van der Waals surface area contributed by atoms with Crippen LogP contribution in [0.4, 0.5) is 0 Å². The molecule has 80 valence electrons. The Morgan fingerprint density at radius 3 is 2.50 bits per heavy atom. The van der Waals surface area contributed by atoms with E-state index in [0.29, 0.717) is 0 Å². The topological polar surface area (TPSA) is 12.4 Å². The Balaban J connectivity index is 2.38. The maximum Gasteiger partial charge on any atom is 0.0599 e. The lowest BCUT2D eigenvalue weighted by atomic mass is 9.96. The minimum Gasteiger partial charge on any atom is -0.290 e. The molecule has 1 aliphatic heterocycles. The molecule has 0 aromatic rings. The summed E-state index contributed by atoms with van der Waals surface area (Å²) in [5.74, 6) is 0.884. The highest BCUT2D eigenvalue weighted by atomic mass is 14.7. The Hall–Kier alpha value is -0.590. The van der Waals surface area contributed by atoms with Crippen molar-refractivity contribution in [2.45, 2.75) is 52.9 Å². The van der Waals surface area contributed by atoms with Gasteiger partial charge in [-0.05, 0) is 32.1 Å². The molecule has 1 heteroatoms. The summed E-state index contributed by atoms with van der Waals surface area (Å²) in [7, 11) is 0. The molecule has 0 radical (unpaired) electrons. The van der Waals surface area contributed by atoms with Gasteiger partial charge in [-0.1, -0.05) is 38.3 Å². The van der Waals surface area contributed by atoms with Crippen LogP contribution in [-0.2, 0) is 0 Å². The summed E-state index contributed by atoms with van der Waals surface area (Å²) in [6.07, 6.45) is 8.74. The van der Waals surface area contributed by atoms with E-state index in [1.165, 1.54) is 37.8 Å². The van der Waals surface area contributed by atoms with Crippen LogP contribution in [0.15, 0.2) is 16.6 Å². The number of hydrogen-bond donors (Lipinski definition) is 0. The van der Waals surface area contributed by atoms with E-state index in [0.717, 1.165) is 12.5 Å². The predicted octanol–water partition coefficient (Wildman–Crippen LogP) is 3.99. The molecule has 0 saturated heterocycles. The van der Waals surface area contributed by atoms with E-state index >= 15 is 0 Å². The van der Waals surface area contributed by atoms with Crippen LogP contribution < -0.4 is 0 Å². The molecule has 0 unspecified atom stereocenters. The molecule has 1 rings (SSSR count). The fourth-order valence-electron chi connectivity index (χ4n) is 1.86. The SMILES string of the molecule is CCC(CC)C/C=C1/CCC(C)=NC1. The first kappa shape index (κ1) is 11.5. The van der Waals surface area contributed by atoms with Crippen molar-refractivity contribution in [1.29, 1.82) is 0 Å². The summed E-state index contributed by atoms with van der Waals surface area (Å²) in [4.78, 5) is 4.49. The van der Waals surface area contributed by atoms with E-state index in [1.54, 1.807) is 5.57 Å². The van der Waals surface area contributed by atoms with Crippen molar-refractivity contribution in [3.63, 3.8) is 0 Å². The van der Waals surface area contributed by atoms with E-state index in [1.807, 2.05) is 0 Å². The van der Waals surface area contributed by atoms with Crippen molar-refractivity contribution in [2.24, 2.45) is 10.9 Å². The highest BCUT2D eigenvalue weighted by Gasteiger charge is 2.06. The molecule has 0 amide bonds. The van der Waals surface area contributed by atoms with Gasteiger partial charge in [-0.2, -0.15) is 0 Å². The number of hydrogen-bond acceptors (Lipinski definition) is 1. The lowest BCUT2D eigenvalue weighted by Crippen LogP contribution is -2.05. The summed E-state index contributed by atoms with van der Waals surface area (Å²) in [5.41, 5.74) is 2.88. The van der Waals surface area contributed by atoms with Crippen LogP contribution >= 0.6 is 0 Å². The third-order valence-corrected chi connectivity index (χ3v) is 3.25. The number of rotatable bonds is 4. The van der Waals surface area contributed by atoms with Crippen LogP contribution in [0.25, 0.3) is 0 Å². The average Bonchev–Trinajstić information content (AvgIpc) is 2.22. The molecule has 1 nitrogen and oxygen atoms in total. The lowest BCUT2D eigenvalue weighted by molar-refractivity contribution is 0.498. The molecular weight excluding hydrogens is 170 g/mol. The summed E-state index contributed by atoms with van der Waals surface area (Å²) in [5, 5.41) is 0. The third-order valence-electron chi connectivity index (χ3n) is 3.25. The van der Waals surface area contributed by atoms with E-state index in [2.05, 4.69) is 31.8 Å². The van der Waals surface area contributed by atoms with Crippen molar-refractivity contribution >= 4 is 5.71 Å². The first-order valence-corrected chi connectivity index (χ1v) is 5.94. The van der Waals surface area contributed by atoms with E-state index in [9.17, 15) is 0 Å². The fourth-order valence-corrected chi connectivity index (χ4v) is 1.86. The minimum atomic E-state index is 0.884. The van der Waals surface area contributed by atoms with Crippen LogP contribution in [0.1, 0.15) is 52.9 Å². The fraction of sp³-hybridized carbons (Fsp3) is 0.769. The van der Waals surface area contributed by atoms with Gasteiger partial charge in [-0.25, -0.2) is 0 Å². The average molecular weight is 193 g/mol. The van der Waals surface area contributed by atoms with Crippen molar-refractivity contribution in [1.82, 2.24) is 0 Å². The molecule has 0 saturated carbocycles. The largest absolute Gasteiger partial charge is 0.290 e. The molecular formula is C13H23N. The maximum absolute atomic E-state index is 4.49. The molecule has 0 atom stereocenters. The van der Waals surface area contributed by atoms with E-state index in [-0.39, 0.29) is 0 Å². The second kappa shape index (κ2) is 6.00. The van der Waals surface area contributed by atoms with Crippen molar-refractivity contribution in [2.75, 3.05) is 6.54 Å². The molecule has 0 N–H and O–H groups in total. The van der Waals surface area contributed by atoms with Gasteiger partial charge in [-0.3, -0.25) is 4.99 Å². The normalized spacial score (nSPS) is 20.3. The maximum atomic E-state index is 4.49. The van der Waals surface area contributed by atoms with E-state index < -0.39 is 0 Å². The first-order valence-electron chi connectivity index (χ1n) is 5.94. The van der Waals surface area contributed by atoms with Crippen LogP contribution in [0.5, 0.6) is 0 Å². The molecule has 0 bridgehead atoms. The molecule has 0 aromatic heterocycles. The van der Waals surface area contributed by atoms with Crippen LogP contribution in [0.2, 0.25) is 0 Å². The highest BCUT2D eigenvalue weighted by molar-refractivity contribution is 5.83. The molecule has 0 fully saturated rings. The first-order chi connectivity index (χ1) is 6.76. The number of allylic oxidation sites excluding steroid dienone is 1. The van der Waals surface area contributed by atoms with Crippen LogP contribution in [0.3, 0.4) is 0 Å². The van der Waals surface area contributed by atoms with Gasteiger partial charge in [0.1, 0.15) is 0 Å². The van der Waals surface area contributed by atoms with Gasteiger partial charge in [0.2, 0.25) is 0 Å². The van der Waals surface area contributed by atoms with Gasteiger partial charge in [-0.15, -0.1) is 0 Å². The molecule has 14 heavy (non-hydrogen) atoms. The van der Waals surface area contributed by atoms with Crippen LogP contribution in [0, 0.1) is 5.92 Å². The summed E-state index contributed by atoms with van der Waals surface area (Å²) in [6, 6.07) is 0. The number of nitrogens with zero attached hydrogens (tertiary/aromatic N) is 1. The highest BCUT2D eigenvalue weighted by Crippen LogP contribution is 2.18. The Bertz CT molecular complexity index is 221. The van der Waals surface area contributed by atoms with E-state index in [4.69, 9.17) is 0 Å². The third kappa shape index (κ3) is 3.65. The molecule has 0 aromatic carbocycles. The van der Waals surface area contributed by atoms with Gasteiger partial charge >= 0.3 is 0 Å². The predicted molar refractivity (Wildman–Crippen MR) is 64.0 cm³/mol. The molecule has 1 heterocycles. The van der Waals surface area contributed by atoms with Crippen LogP contribution in [-0.4, -0.2) is 12.3 Å². The Labute approximate surface area is 88.3 Å². The van der Waals surface area contributed by atoms with Gasteiger partial charge in [0, 0.05) is 5.71 Å². The van der Waals surface area contributed by atoms with Gasteiger partial charge in [0.25, 0.3) is 0 Å². The summed E-state index contributed by atoms with van der Waals surface area (Å²) >= 11 is 0. The van der Waals surface area contributed by atoms with Crippen molar-refractivity contribution < 1.29 is 0 Å². The Morgan fingerprint density at radius 1 is 1.29 bits per heavy atom. The summed E-state index contributed by atoms with van der Waals surface area (Å²) < 4.78 is 0. The zero-order chi connectivity index (χ0) is 10.4. The minimum absolute atomic E-state index is 0.884. The molecule has 0 spiro atoms. The summed E-state index contributed by atoms with van der Waals surface area (Å²) in [6.45, 7) is 7.68. The molecule has 0 aliphatic carbocycles. The van der Waals surface area contributed by atoms with Gasteiger partial charge in [0.15, 0.2) is 0 Å². The van der Waals surface area contributed by atoms with Crippen molar-refractivity contribution in [3.8, 4) is 0 Å². The monoisotopic (exact) mass is 193 g/mol. The quantitative estimate of drug-likeness (QED) is 0.599. The smallest absolute Gasteiger partial charge is 0.0599 e. The standard InChI is InChI=1S/C13H23N/c1-4-12(5-2)8-9-13-7-6-11(3)14-10-13/h9,12H,4-8,10H2,1-3H3/b13-9-. The van der Waals surface area contributed by atoms with Gasteiger partial charge in [0.05, 0.1) is 6.54 Å². The Morgan fingerprint density at radius 2 is 2.00 bits per heavy atom. The molecule has 1 aliphatic rings. The van der Waals surface area contributed by atoms with Gasteiger partial charge < -0.3 is 0 Å². The zero-order valence-corrected chi connectivity index (χ0v) is 9.84.